The van der Waals surface area contributed by atoms with Gasteiger partial charge in [-0.15, -0.1) is 11.3 Å². The molecule has 0 saturated carbocycles. The van der Waals surface area contributed by atoms with E-state index in [-0.39, 0.29) is 11.5 Å². The van der Waals surface area contributed by atoms with Gasteiger partial charge in [-0.3, -0.25) is 14.7 Å². The summed E-state index contributed by atoms with van der Waals surface area (Å²) in [6.45, 7) is 4.94. The molecule has 1 spiro atoms. The van der Waals surface area contributed by atoms with E-state index >= 15 is 0 Å². The highest BCUT2D eigenvalue weighted by Gasteiger charge is 2.41. The molecular weight excluding hydrogens is 449 g/mol. The van der Waals surface area contributed by atoms with E-state index in [9.17, 15) is 18.0 Å². The first-order valence-corrected chi connectivity index (χ1v) is 10.8. The van der Waals surface area contributed by atoms with Gasteiger partial charge in [0, 0.05) is 44.0 Å². The number of morpholine rings is 1. The van der Waals surface area contributed by atoms with Gasteiger partial charge in [-0.05, 0) is 25.0 Å². The Labute approximate surface area is 186 Å². The lowest BCUT2D eigenvalue weighted by Crippen LogP contribution is -2.57. The molecule has 2 saturated heterocycles. The highest BCUT2D eigenvalue weighted by atomic mass is 32.1. The molecule has 2 fully saturated rings. The first kappa shape index (κ1) is 24.1. The Bertz CT molecular complexity index is 888. The Hall–Kier alpha value is -2.57. The van der Waals surface area contributed by atoms with Crippen molar-refractivity contribution < 1.29 is 32.6 Å². The number of amides is 1. The summed E-state index contributed by atoms with van der Waals surface area (Å²) in [6.07, 6.45) is 0.192. The Morgan fingerprint density at radius 1 is 1.16 bits per heavy atom. The second kappa shape index (κ2) is 10.4. The van der Waals surface area contributed by atoms with Gasteiger partial charge in [-0.1, -0.05) is 6.07 Å². The number of thiazole rings is 1. The molecule has 0 radical (unpaired) electrons. The number of carbonyl (C=O) groups excluding carboxylic acids is 1. The van der Waals surface area contributed by atoms with Gasteiger partial charge < -0.3 is 14.7 Å². The topological polar surface area (TPSA) is 95.9 Å². The molecule has 1 N–H and O–H groups in total. The zero-order valence-electron chi connectivity index (χ0n) is 17.1. The molecule has 0 aromatic carbocycles. The van der Waals surface area contributed by atoms with Gasteiger partial charge in [-0.2, -0.15) is 13.2 Å². The van der Waals surface area contributed by atoms with Crippen LogP contribution in [0.25, 0.3) is 0 Å². The number of aromatic nitrogens is 2. The number of alkyl halides is 3. The van der Waals surface area contributed by atoms with Gasteiger partial charge >= 0.3 is 12.1 Å². The van der Waals surface area contributed by atoms with Crippen LogP contribution >= 0.6 is 11.3 Å². The minimum atomic E-state index is -5.08. The first-order chi connectivity index (χ1) is 15.2. The van der Waals surface area contributed by atoms with Crippen molar-refractivity contribution in [3.05, 3.63) is 46.7 Å². The second-order valence-corrected chi connectivity index (χ2v) is 8.46. The molecule has 1 amide bonds. The van der Waals surface area contributed by atoms with E-state index in [2.05, 4.69) is 14.9 Å². The Morgan fingerprint density at radius 2 is 1.88 bits per heavy atom. The fourth-order valence-electron chi connectivity index (χ4n) is 3.65. The number of hydrogen-bond donors (Lipinski definition) is 1. The summed E-state index contributed by atoms with van der Waals surface area (Å²) in [5, 5.41) is 10.3. The molecule has 12 heteroatoms. The third-order valence-electron chi connectivity index (χ3n) is 5.26. The quantitative estimate of drug-likeness (QED) is 0.734. The highest BCUT2D eigenvalue weighted by molar-refractivity contribution is 7.09. The highest BCUT2D eigenvalue weighted by Crippen LogP contribution is 2.31. The summed E-state index contributed by atoms with van der Waals surface area (Å²) in [4.78, 5) is 34.3. The largest absolute Gasteiger partial charge is 0.490 e. The van der Waals surface area contributed by atoms with Crippen LogP contribution in [0.4, 0.5) is 13.2 Å². The average Bonchev–Trinajstić information content (AvgIpc) is 3.27. The maximum absolute atomic E-state index is 12.6. The molecular formula is C20H23F3N4O4S. The molecule has 4 rings (SSSR count). The SMILES string of the molecule is O=C(O)C(F)(F)F.O=C(c1ccccn1)N1CCC2(CC1)CN(Cc1nccs1)CCO2. The van der Waals surface area contributed by atoms with E-state index in [1.165, 1.54) is 0 Å². The maximum atomic E-state index is 12.6. The zero-order valence-corrected chi connectivity index (χ0v) is 17.9. The van der Waals surface area contributed by atoms with Crippen molar-refractivity contribution >= 4 is 23.2 Å². The van der Waals surface area contributed by atoms with Crippen LogP contribution in [0.1, 0.15) is 28.3 Å². The summed E-state index contributed by atoms with van der Waals surface area (Å²) < 4.78 is 37.9. The fourth-order valence-corrected chi connectivity index (χ4v) is 4.31. The van der Waals surface area contributed by atoms with E-state index in [1.54, 1.807) is 23.6 Å². The molecule has 2 aliphatic rings. The van der Waals surface area contributed by atoms with Crippen LogP contribution in [0.2, 0.25) is 0 Å². The van der Waals surface area contributed by atoms with Crippen LogP contribution in [-0.2, 0) is 16.1 Å². The zero-order chi connectivity index (χ0) is 23.2. The van der Waals surface area contributed by atoms with Crippen molar-refractivity contribution in [2.24, 2.45) is 0 Å². The predicted molar refractivity (Wildman–Crippen MR) is 109 cm³/mol. The number of halogens is 3. The summed E-state index contributed by atoms with van der Waals surface area (Å²) in [7, 11) is 0. The minimum absolute atomic E-state index is 0.0194. The van der Waals surface area contributed by atoms with Crippen molar-refractivity contribution in [2.45, 2.75) is 31.2 Å². The number of hydrogen-bond acceptors (Lipinski definition) is 7. The molecule has 0 unspecified atom stereocenters. The number of ether oxygens (including phenoxy) is 1. The Morgan fingerprint density at radius 3 is 2.44 bits per heavy atom. The van der Waals surface area contributed by atoms with Crippen molar-refractivity contribution in [1.82, 2.24) is 19.8 Å². The average molecular weight is 472 g/mol. The van der Waals surface area contributed by atoms with E-state index in [4.69, 9.17) is 14.6 Å². The second-order valence-electron chi connectivity index (χ2n) is 7.48. The molecule has 2 aromatic heterocycles. The maximum Gasteiger partial charge on any atom is 0.490 e. The lowest BCUT2D eigenvalue weighted by molar-refractivity contribution is -0.192. The lowest BCUT2D eigenvalue weighted by Gasteiger charge is -2.47. The normalized spacial score (nSPS) is 18.7. The van der Waals surface area contributed by atoms with Crippen LogP contribution in [-0.4, -0.2) is 81.3 Å². The van der Waals surface area contributed by atoms with Crippen molar-refractivity contribution in [3.63, 3.8) is 0 Å². The van der Waals surface area contributed by atoms with Gasteiger partial charge in [-0.25, -0.2) is 9.78 Å². The number of likely N-dealkylation sites (tertiary alicyclic amines) is 1. The number of carboxylic acids is 1. The summed E-state index contributed by atoms with van der Waals surface area (Å²) in [6, 6.07) is 5.46. The summed E-state index contributed by atoms with van der Waals surface area (Å²) in [5.74, 6) is -2.74. The van der Waals surface area contributed by atoms with Crippen molar-refractivity contribution in [3.8, 4) is 0 Å². The van der Waals surface area contributed by atoms with Crippen LogP contribution < -0.4 is 0 Å². The third kappa shape index (κ3) is 6.47. The third-order valence-corrected chi connectivity index (χ3v) is 6.02. The fraction of sp³-hybridized carbons (Fsp3) is 0.500. The van der Waals surface area contributed by atoms with Gasteiger partial charge in [0.2, 0.25) is 0 Å². The summed E-state index contributed by atoms with van der Waals surface area (Å²) in [5.41, 5.74) is 0.393. The van der Waals surface area contributed by atoms with E-state index in [1.807, 2.05) is 28.6 Å². The van der Waals surface area contributed by atoms with Gasteiger partial charge in [0.1, 0.15) is 10.7 Å². The van der Waals surface area contributed by atoms with E-state index in [0.717, 1.165) is 57.2 Å². The predicted octanol–water partition coefficient (Wildman–Crippen LogP) is 2.68. The standard InChI is InChI=1S/C18H22N4O2S.C2HF3O2/c23-17(15-3-1-2-6-19-15)22-8-4-18(5-9-22)14-21(10-11-24-18)13-16-20-7-12-25-16;3-2(4,5)1(6)7/h1-3,6-7,12H,4-5,8-11,13-14H2;(H,6,7). The number of rotatable bonds is 3. The van der Waals surface area contributed by atoms with Crippen molar-refractivity contribution in [2.75, 3.05) is 32.8 Å². The van der Waals surface area contributed by atoms with Crippen molar-refractivity contribution in [1.29, 1.82) is 0 Å². The van der Waals surface area contributed by atoms with Crippen LogP contribution in [0.15, 0.2) is 36.0 Å². The molecule has 4 heterocycles. The molecule has 8 nitrogen and oxygen atoms in total. The molecule has 0 bridgehead atoms. The molecule has 174 valence electrons. The number of nitrogens with zero attached hydrogens (tertiary/aromatic N) is 4. The van der Waals surface area contributed by atoms with Gasteiger partial charge in [0.05, 0.1) is 18.8 Å². The van der Waals surface area contributed by atoms with Gasteiger partial charge in [0.15, 0.2) is 0 Å². The number of piperidine rings is 1. The minimum Gasteiger partial charge on any atom is -0.475 e. The molecule has 0 atom stereocenters. The molecule has 0 aliphatic carbocycles. The molecule has 2 aromatic rings. The summed E-state index contributed by atoms with van der Waals surface area (Å²) >= 11 is 1.70. The molecule has 32 heavy (non-hydrogen) atoms. The Kier molecular flexibility index (Phi) is 7.80. The number of pyridine rings is 1. The van der Waals surface area contributed by atoms with Gasteiger partial charge in [0.25, 0.3) is 5.91 Å². The smallest absolute Gasteiger partial charge is 0.475 e. The molecule has 2 aliphatic heterocycles. The van der Waals surface area contributed by atoms with E-state index < -0.39 is 12.1 Å². The monoisotopic (exact) mass is 472 g/mol. The lowest BCUT2D eigenvalue weighted by atomic mass is 9.89. The van der Waals surface area contributed by atoms with Crippen LogP contribution in [0.5, 0.6) is 0 Å². The number of carbonyl (C=O) groups is 2. The van der Waals surface area contributed by atoms with Crippen LogP contribution in [0, 0.1) is 0 Å². The van der Waals surface area contributed by atoms with E-state index in [0.29, 0.717) is 5.69 Å². The van der Waals surface area contributed by atoms with Crippen LogP contribution in [0.3, 0.4) is 0 Å². The Balaban J connectivity index is 0.000000360. The number of aliphatic carboxylic acids is 1. The first-order valence-electron chi connectivity index (χ1n) is 9.94. The number of carboxylic acid groups (broad SMARTS) is 1.